The lowest BCUT2D eigenvalue weighted by molar-refractivity contribution is -0.123. The zero-order valence-corrected chi connectivity index (χ0v) is 12.7. The van der Waals surface area contributed by atoms with Crippen molar-refractivity contribution in [3.63, 3.8) is 0 Å². The Bertz CT molecular complexity index is 419. The van der Waals surface area contributed by atoms with Crippen LogP contribution in [-0.2, 0) is 4.79 Å². The highest BCUT2D eigenvalue weighted by atomic mass is 35.5. The van der Waals surface area contributed by atoms with E-state index in [1.54, 1.807) is 4.90 Å². The van der Waals surface area contributed by atoms with Gasteiger partial charge in [0.05, 0.1) is 0 Å². The fraction of sp³-hybridized carbons (Fsp3) is 0.533. The number of rotatable bonds is 2. The van der Waals surface area contributed by atoms with Crippen LogP contribution in [0.3, 0.4) is 0 Å². The van der Waals surface area contributed by atoms with Crippen LogP contribution in [0, 0.1) is 12.8 Å². The number of aryl methyl sites for hydroxylation is 1. The molecule has 1 aromatic rings. The van der Waals surface area contributed by atoms with Gasteiger partial charge in [-0.1, -0.05) is 17.7 Å². The maximum Gasteiger partial charge on any atom is 0.229 e. The van der Waals surface area contributed by atoms with E-state index in [1.165, 1.54) is 5.56 Å². The molecule has 1 N–H and O–H groups in total. The zero-order chi connectivity index (χ0) is 13.1. The van der Waals surface area contributed by atoms with Gasteiger partial charge in [-0.15, -0.1) is 12.4 Å². The maximum absolute atomic E-state index is 12.4. The van der Waals surface area contributed by atoms with E-state index in [9.17, 15) is 4.79 Å². The summed E-state index contributed by atoms with van der Waals surface area (Å²) in [7, 11) is 1.87. The third-order valence-electron chi connectivity index (χ3n) is 3.72. The van der Waals surface area contributed by atoms with E-state index in [1.807, 2.05) is 31.3 Å². The summed E-state index contributed by atoms with van der Waals surface area (Å²) in [6.45, 7) is 5.14. The van der Waals surface area contributed by atoms with Crippen molar-refractivity contribution in [3.8, 4) is 0 Å². The quantitative estimate of drug-likeness (QED) is 0.905. The van der Waals surface area contributed by atoms with E-state index in [0.717, 1.165) is 25.1 Å². The first-order chi connectivity index (χ1) is 8.58. The fourth-order valence-corrected chi connectivity index (χ4v) is 2.53. The summed E-state index contributed by atoms with van der Waals surface area (Å²) in [6, 6.07) is 8.56. The number of amides is 1. The van der Waals surface area contributed by atoms with Gasteiger partial charge in [-0.2, -0.15) is 0 Å². The smallest absolute Gasteiger partial charge is 0.229 e. The van der Waals surface area contributed by atoms with Crippen molar-refractivity contribution >= 4 is 24.0 Å². The minimum Gasteiger partial charge on any atom is -0.315 e. The number of carbonyl (C=O) groups excluding carboxylic acids is 1. The van der Waals surface area contributed by atoms with Crippen molar-refractivity contribution in [1.82, 2.24) is 5.32 Å². The largest absolute Gasteiger partial charge is 0.315 e. The first kappa shape index (κ1) is 16.0. The van der Waals surface area contributed by atoms with Crippen LogP contribution in [0.25, 0.3) is 0 Å². The summed E-state index contributed by atoms with van der Waals surface area (Å²) in [5, 5.41) is 3.38. The molecule has 2 atom stereocenters. The number of nitrogens with zero attached hydrogens (tertiary/aromatic N) is 1. The third kappa shape index (κ3) is 3.95. The van der Waals surface area contributed by atoms with Crippen LogP contribution >= 0.6 is 12.4 Å². The number of hydrogen-bond donors (Lipinski definition) is 1. The average molecular weight is 283 g/mol. The minimum atomic E-state index is 0. The molecule has 1 heterocycles. The van der Waals surface area contributed by atoms with Crippen molar-refractivity contribution in [2.75, 3.05) is 18.5 Å². The molecule has 0 aliphatic carbocycles. The SMILES string of the molecule is Cc1ccc(N(C)C(=O)[C@H]2CCN[C@@H](C)C2)cc1.Cl. The normalized spacial score (nSPS) is 22.5. The second-order valence-electron chi connectivity index (χ2n) is 5.31. The van der Waals surface area contributed by atoms with Crippen molar-refractivity contribution < 1.29 is 4.79 Å². The van der Waals surface area contributed by atoms with Gasteiger partial charge in [0, 0.05) is 24.7 Å². The molecular weight excluding hydrogens is 260 g/mol. The van der Waals surface area contributed by atoms with Crippen LogP contribution in [0.4, 0.5) is 5.69 Å². The van der Waals surface area contributed by atoms with Crippen LogP contribution < -0.4 is 10.2 Å². The highest BCUT2D eigenvalue weighted by molar-refractivity contribution is 5.94. The van der Waals surface area contributed by atoms with Gasteiger partial charge in [-0.3, -0.25) is 4.79 Å². The molecule has 106 valence electrons. The van der Waals surface area contributed by atoms with Crippen LogP contribution in [-0.4, -0.2) is 25.5 Å². The molecule has 1 aliphatic heterocycles. The van der Waals surface area contributed by atoms with E-state index in [2.05, 4.69) is 19.2 Å². The predicted molar refractivity (Wildman–Crippen MR) is 82.0 cm³/mol. The minimum absolute atomic E-state index is 0. The van der Waals surface area contributed by atoms with Crippen molar-refractivity contribution in [1.29, 1.82) is 0 Å². The molecule has 3 nitrogen and oxygen atoms in total. The summed E-state index contributed by atoms with van der Waals surface area (Å²) >= 11 is 0. The number of carbonyl (C=O) groups is 1. The second-order valence-corrected chi connectivity index (χ2v) is 5.31. The molecule has 0 spiro atoms. The summed E-state index contributed by atoms with van der Waals surface area (Å²) < 4.78 is 0. The molecule has 1 aromatic carbocycles. The zero-order valence-electron chi connectivity index (χ0n) is 11.8. The van der Waals surface area contributed by atoms with Crippen LogP contribution in [0.2, 0.25) is 0 Å². The molecule has 1 saturated heterocycles. The topological polar surface area (TPSA) is 32.3 Å². The molecule has 0 aromatic heterocycles. The number of piperidine rings is 1. The molecule has 1 amide bonds. The van der Waals surface area contributed by atoms with Crippen molar-refractivity contribution in [2.24, 2.45) is 5.92 Å². The van der Waals surface area contributed by atoms with Crippen molar-refractivity contribution in [3.05, 3.63) is 29.8 Å². The standard InChI is InChI=1S/C15H22N2O.ClH/c1-11-4-6-14(7-5-11)17(3)15(18)13-8-9-16-12(2)10-13;/h4-7,12-13,16H,8-10H2,1-3H3;1H/t12-,13-;/m0./s1. The Morgan fingerprint density at radius 2 is 1.95 bits per heavy atom. The maximum atomic E-state index is 12.4. The highest BCUT2D eigenvalue weighted by Crippen LogP contribution is 2.22. The fourth-order valence-electron chi connectivity index (χ4n) is 2.53. The van der Waals surface area contributed by atoms with Gasteiger partial charge in [0.15, 0.2) is 0 Å². The van der Waals surface area contributed by atoms with Gasteiger partial charge in [0.25, 0.3) is 0 Å². The molecule has 0 saturated carbocycles. The molecular formula is C15H23ClN2O. The molecule has 2 rings (SSSR count). The van der Waals surface area contributed by atoms with Crippen molar-refractivity contribution in [2.45, 2.75) is 32.7 Å². The van der Waals surface area contributed by atoms with Gasteiger partial charge < -0.3 is 10.2 Å². The lowest BCUT2D eigenvalue weighted by atomic mass is 9.92. The number of halogens is 1. The van der Waals surface area contributed by atoms with Crippen LogP contribution in [0.5, 0.6) is 0 Å². The van der Waals surface area contributed by atoms with E-state index in [4.69, 9.17) is 0 Å². The van der Waals surface area contributed by atoms with Crippen LogP contribution in [0.15, 0.2) is 24.3 Å². The van der Waals surface area contributed by atoms with Gasteiger partial charge in [-0.05, 0) is 45.4 Å². The number of hydrogen-bond acceptors (Lipinski definition) is 2. The number of anilines is 1. The monoisotopic (exact) mass is 282 g/mol. The summed E-state index contributed by atoms with van der Waals surface area (Å²) in [6.07, 6.45) is 1.88. The number of benzene rings is 1. The van der Waals surface area contributed by atoms with Gasteiger partial charge in [-0.25, -0.2) is 0 Å². The summed E-state index contributed by atoms with van der Waals surface area (Å²) in [5.41, 5.74) is 2.20. The van der Waals surface area contributed by atoms with E-state index in [-0.39, 0.29) is 24.2 Å². The first-order valence-electron chi connectivity index (χ1n) is 6.65. The summed E-state index contributed by atoms with van der Waals surface area (Å²) in [4.78, 5) is 14.2. The Morgan fingerprint density at radius 1 is 1.32 bits per heavy atom. The first-order valence-corrected chi connectivity index (χ1v) is 6.65. The Kier molecular flexibility index (Phi) is 5.83. The average Bonchev–Trinajstić information content (AvgIpc) is 2.38. The lowest BCUT2D eigenvalue weighted by Crippen LogP contribution is -2.43. The summed E-state index contributed by atoms with van der Waals surface area (Å²) in [5.74, 6) is 0.403. The Hall–Kier alpha value is -1.06. The molecule has 1 fully saturated rings. The Morgan fingerprint density at radius 3 is 2.53 bits per heavy atom. The van der Waals surface area contributed by atoms with E-state index < -0.39 is 0 Å². The molecule has 0 bridgehead atoms. The van der Waals surface area contributed by atoms with Gasteiger partial charge >= 0.3 is 0 Å². The predicted octanol–water partition coefficient (Wildman–Crippen LogP) is 2.77. The Labute approximate surface area is 121 Å². The molecule has 1 aliphatic rings. The third-order valence-corrected chi connectivity index (χ3v) is 3.72. The van der Waals surface area contributed by atoms with Crippen LogP contribution in [0.1, 0.15) is 25.3 Å². The lowest BCUT2D eigenvalue weighted by Gasteiger charge is -2.30. The highest BCUT2D eigenvalue weighted by Gasteiger charge is 2.27. The molecule has 0 unspecified atom stereocenters. The molecule has 4 heteroatoms. The van der Waals surface area contributed by atoms with Gasteiger partial charge in [0.2, 0.25) is 5.91 Å². The molecule has 0 radical (unpaired) electrons. The second kappa shape index (κ2) is 6.92. The van der Waals surface area contributed by atoms with E-state index in [0.29, 0.717) is 6.04 Å². The van der Waals surface area contributed by atoms with E-state index >= 15 is 0 Å². The van der Waals surface area contributed by atoms with Gasteiger partial charge in [0.1, 0.15) is 0 Å². The molecule has 19 heavy (non-hydrogen) atoms. The number of nitrogens with one attached hydrogen (secondary N) is 1. The Balaban J connectivity index is 0.00000180.